The molecular weight excluding hydrogens is 342 g/mol. The van der Waals surface area contributed by atoms with Gasteiger partial charge in [0.2, 0.25) is 0 Å². The van der Waals surface area contributed by atoms with Crippen molar-refractivity contribution in [3.05, 3.63) is 71.0 Å². The number of aliphatic carboxylic acids is 1. The van der Waals surface area contributed by atoms with Gasteiger partial charge in [-0.25, -0.2) is 9.18 Å². The number of carbonyl (C=O) groups is 2. The zero-order valence-corrected chi connectivity index (χ0v) is 12.9. The summed E-state index contributed by atoms with van der Waals surface area (Å²) < 4.78 is 50.7. The normalized spacial score (nSPS) is 12.5. The third-order valence-corrected chi connectivity index (χ3v) is 3.59. The van der Waals surface area contributed by atoms with E-state index >= 15 is 0 Å². The van der Waals surface area contributed by atoms with Crippen molar-refractivity contribution in [3.63, 3.8) is 0 Å². The number of halogens is 4. The van der Waals surface area contributed by atoms with Crippen LogP contribution >= 0.6 is 0 Å². The summed E-state index contributed by atoms with van der Waals surface area (Å²) in [4.78, 5) is 24.8. The van der Waals surface area contributed by atoms with E-state index in [-0.39, 0.29) is 11.1 Å². The van der Waals surface area contributed by atoms with Crippen molar-refractivity contribution >= 4 is 11.9 Å². The highest BCUT2D eigenvalue weighted by Gasteiger charge is 2.32. The van der Waals surface area contributed by atoms with Crippen molar-refractivity contribution in [1.82, 2.24) is 4.90 Å². The topological polar surface area (TPSA) is 57.6 Å². The number of carboxylic acid groups (broad SMARTS) is 1. The van der Waals surface area contributed by atoms with Gasteiger partial charge in [0.25, 0.3) is 5.91 Å². The summed E-state index contributed by atoms with van der Waals surface area (Å²) in [5.74, 6) is -2.69. The summed E-state index contributed by atoms with van der Waals surface area (Å²) in [5, 5.41) is 9.38. The first-order valence-corrected chi connectivity index (χ1v) is 7.04. The molecule has 0 aliphatic rings. The molecule has 0 spiro atoms. The van der Waals surface area contributed by atoms with Crippen LogP contribution in [0.3, 0.4) is 0 Å². The van der Waals surface area contributed by atoms with Gasteiger partial charge in [0.05, 0.1) is 5.56 Å². The average molecular weight is 355 g/mol. The number of rotatable bonds is 4. The molecule has 1 amide bonds. The zero-order chi connectivity index (χ0) is 18.8. The lowest BCUT2D eigenvalue weighted by Gasteiger charge is -2.25. The molecule has 0 fully saturated rings. The molecule has 2 rings (SSSR count). The predicted molar refractivity (Wildman–Crippen MR) is 80.3 cm³/mol. The highest BCUT2D eigenvalue weighted by atomic mass is 19.4. The van der Waals surface area contributed by atoms with Crippen LogP contribution in [-0.4, -0.2) is 28.9 Å². The van der Waals surface area contributed by atoms with Gasteiger partial charge in [0.1, 0.15) is 5.82 Å². The molecule has 4 nitrogen and oxygen atoms in total. The lowest BCUT2D eigenvalue weighted by Crippen LogP contribution is -2.35. The van der Waals surface area contributed by atoms with E-state index in [1.807, 2.05) is 0 Å². The van der Waals surface area contributed by atoms with Crippen molar-refractivity contribution in [2.24, 2.45) is 0 Å². The Morgan fingerprint density at radius 3 is 1.96 bits per heavy atom. The van der Waals surface area contributed by atoms with Crippen molar-refractivity contribution in [2.75, 3.05) is 7.05 Å². The van der Waals surface area contributed by atoms with Gasteiger partial charge in [-0.1, -0.05) is 12.1 Å². The lowest BCUT2D eigenvalue weighted by molar-refractivity contribution is -0.142. The highest BCUT2D eigenvalue weighted by Crippen LogP contribution is 2.29. The minimum Gasteiger partial charge on any atom is -0.479 e. The van der Waals surface area contributed by atoms with Crippen LogP contribution in [0.4, 0.5) is 17.6 Å². The molecule has 0 aliphatic heterocycles. The maximum absolute atomic E-state index is 13.0. The van der Waals surface area contributed by atoms with Crippen LogP contribution in [0.2, 0.25) is 0 Å². The Hall–Kier alpha value is -2.90. The number of amides is 1. The van der Waals surface area contributed by atoms with Gasteiger partial charge < -0.3 is 10.0 Å². The van der Waals surface area contributed by atoms with E-state index in [2.05, 4.69) is 0 Å². The van der Waals surface area contributed by atoms with Crippen LogP contribution in [0.25, 0.3) is 0 Å². The molecule has 1 atom stereocenters. The SMILES string of the molecule is CN(C(=O)c1ccc(C(F)(F)F)cc1)C(C(=O)O)c1ccc(F)cc1. The first-order chi connectivity index (χ1) is 11.6. The number of nitrogens with zero attached hydrogens (tertiary/aromatic N) is 1. The Kier molecular flexibility index (Phi) is 5.10. The van der Waals surface area contributed by atoms with Crippen LogP contribution in [0.15, 0.2) is 48.5 Å². The van der Waals surface area contributed by atoms with Crippen LogP contribution in [0, 0.1) is 5.82 Å². The number of carboxylic acids is 1. The van der Waals surface area contributed by atoms with Gasteiger partial charge in [-0.05, 0) is 42.0 Å². The standard InChI is InChI=1S/C17H13F4NO3/c1-22(14(16(24)25)10-4-8-13(18)9-5-10)15(23)11-2-6-12(7-3-11)17(19,20)21/h2-9,14H,1H3,(H,24,25). The average Bonchev–Trinajstić information content (AvgIpc) is 2.55. The van der Waals surface area contributed by atoms with Crippen molar-refractivity contribution < 1.29 is 32.3 Å². The maximum atomic E-state index is 13.0. The fraction of sp³-hybridized carbons (Fsp3) is 0.176. The number of hydrogen-bond donors (Lipinski definition) is 1. The number of carbonyl (C=O) groups excluding carboxylic acids is 1. The van der Waals surface area contributed by atoms with Crippen LogP contribution in [-0.2, 0) is 11.0 Å². The summed E-state index contributed by atoms with van der Waals surface area (Å²) in [6.07, 6.45) is -4.54. The molecule has 0 aromatic heterocycles. The minimum absolute atomic E-state index is 0.0936. The minimum atomic E-state index is -4.54. The molecule has 2 aromatic rings. The molecule has 0 saturated heterocycles. The molecule has 132 valence electrons. The molecular formula is C17H13F4NO3. The second-order valence-corrected chi connectivity index (χ2v) is 5.28. The van der Waals surface area contributed by atoms with Crippen molar-refractivity contribution in [2.45, 2.75) is 12.2 Å². The number of hydrogen-bond acceptors (Lipinski definition) is 2. The maximum Gasteiger partial charge on any atom is 0.416 e. The Morgan fingerprint density at radius 1 is 1.00 bits per heavy atom. The van der Waals surface area contributed by atoms with Crippen molar-refractivity contribution in [1.29, 1.82) is 0 Å². The van der Waals surface area contributed by atoms with E-state index in [9.17, 15) is 32.3 Å². The number of likely N-dealkylation sites (N-methyl/N-ethyl adjacent to an activating group) is 1. The third-order valence-electron chi connectivity index (χ3n) is 3.59. The molecule has 0 aliphatic carbocycles. The quantitative estimate of drug-likeness (QED) is 0.850. The zero-order valence-electron chi connectivity index (χ0n) is 12.9. The van der Waals surface area contributed by atoms with E-state index in [4.69, 9.17) is 0 Å². The number of alkyl halides is 3. The van der Waals surface area contributed by atoms with Gasteiger partial charge in [-0.15, -0.1) is 0 Å². The summed E-state index contributed by atoms with van der Waals surface area (Å²) >= 11 is 0. The Balaban J connectivity index is 2.29. The van der Waals surface area contributed by atoms with Crippen LogP contribution in [0.5, 0.6) is 0 Å². The molecule has 0 saturated carbocycles. The molecule has 1 unspecified atom stereocenters. The van der Waals surface area contributed by atoms with E-state index < -0.39 is 35.5 Å². The van der Waals surface area contributed by atoms with Crippen LogP contribution in [0.1, 0.15) is 27.5 Å². The van der Waals surface area contributed by atoms with Gasteiger partial charge in [0.15, 0.2) is 6.04 Å². The lowest BCUT2D eigenvalue weighted by atomic mass is 10.0. The van der Waals surface area contributed by atoms with Gasteiger partial charge in [-0.3, -0.25) is 4.79 Å². The van der Waals surface area contributed by atoms with Gasteiger partial charge in [0, 0.05) is 12.6 Å². The first-order valence-electron chi connectivity index (χ1n) is 7.04. The number of benzene rings is 2. The monoisotopic (exact) mass is 355 g/mol. The molecule has 2 aromatic carbocycles. The molecule has 8 heteroatoms. The Bertz CT molecular complexity index is 770. The van der Waals surface area contributed by atoms with Gasteiger partial charge >= 0.3 is 12.1 Å². The smallest absolute Gasteiger partial charge is 0.416 e. The Morgan fingerprint density at radius 2 is 1.52 bits per heavy atom. The second kappa shape index (κ2) is 6.92. The summed E-state index contributed by atoms with van der Waals surface area (Å²) in [6, 6.07) is 6.61. The highest BCUT2D eigenvalue weighted by molar-refractivity contribution is 5.96. The molecule has 0 radical (unpaired) electrons. The summed E-state index contributed by atoms with van der Waals surface area (Å²) in [7, 11) is 1.21. The molecule has 1 N–H and O–H groups in total. The fourth-order valence-corrected chi connectivity index (χ4v) is 2.30. The van der Waals surface area contributed by atoms with Crippen molar-refractivity contribution in [3.8, 4) is 0 Å². The molecule has 0 heterocycles. The Labute approximate surface area is 140 Å². The molecule has 0 bridgehead atoms. The second-order valence-electron chi connectivity index (χ2n) is 5.28. The van der Waals surface area contributed by atoms with E-state index in [1.165, 1.54) is 19.2 Å². The summed E-state index contributed by atoms with van der Waals surface area (Å²) in [6.45, 7) is 0. The predicted octanol–water partition coefficient (Wildman–Crippen LogP) is 3.74. The largest absolute Gasteiger partial charge is 0.479 e. The van der Waals surface area contributed by atoms with Gasteiger partial charge in [-0.2, -0.15) is 13.2 Å². The van der Waals surface area contributed by atoms with Crippen LogP contribution < -0.4 is 0 Å². The fourth-order valence-electron chi connectivity index (χ4n) is 2.30. The summed E-state index contributed by atoms with van der Waals surface area (Å²) in [5.41, 5.74) is -0.847. The van der Waals surface area contributed by atoms with E-state index in [0.717, 1.165) is 41.3 Å². The third kappa shape index (κ3) is 4.14. The molecule has 25 heavy (non-hydrogen) atoms. The first kappa shape index (κ1) is 18.4. The van der Waals surface area contributed by atoms with E-state index in [1.54, 1.807) is 0 Å². The van der Waals surface area contributed by atoms with E-state index in [0.29, 0.717) is 0 Å².